The van der Waals surface area contributed by atoms with Crippen LogP contribution in [0.4, 0.5) is 11.4 Å². The number of amides is 1. The minimum Gasteiger partial charge on any atom is -0.497 e. The Hall–Kier alpha value is -2.89. The van der Waals surface area contributed by atoms with Crippen LogP contribution in [0.1, 0.15) is 5.56 Å². The molecule has 1 amide bonds. The first-order valence-electron chi connectivity index (χ1n) is 6.26. The third kappa shape index (κ3) is 3.79. The van der Waals surface area contributed by atoms with E-state index in [0.29, 0.717) is 17.0 Å². The number of methoxy groups -OCH3 is 1. The maximum Gasteiger partial charge on any atom is 0.273 e. The van der Waals surface area contributed by atoms with Crippen LogP contribution >= 0.6 is 0 Å². The summed E-state index contributed by atoms with van der Waals surface area (Å²) < 4.78 is 5.06. The molecule has 1 N–H and O–H groups in total. The van der Waals surface area contributed by atoms with Crippen molar-refractivity contribution in [1.82, 2.24) is 0 Å². The monoisotopic (exact) mass is 286 g/mol. The van der Waals surface area contributed by atoms with Crippen LogP contribution in [0.25, 0.3) is 0 Å². The predicted octanol–water partition coefficient (Wildman–Crippen LogP) is 2.78. The Morgan fingerprint density at radius 1 is 1.24 bits per heavy atom. The zero-order chi connectivity index (χ0) is 15.2. The molecule has 2 aromatic carbocycles. The Labute approximate surface area is 121 Å². The second-order valence-corrected chi connectivity index (χ2v) is 4.34. The molecule has 6 nitrogen and oxygen atoms in total. The van der Waals surface area contributed by atoms with E-state index in [9.17, 15) is 14.9 Å². The summed E-state index contributed by atoms with van der Waals surface area (Å²) in [6.45, 7) is 0. The second kappa shape index (κ2) is 6.51. The van der Waals surface area contributed by atoms with Gasteiger partial charge in [0.1, 0.15) is 5.75 Å². The van der Waals surface area contributed by atoms with Crippen molar-refractivity contribution in [2.24, 2.45) is 0 Å². The van der Waals surface area contributed by atoms with Crippen molar-refractivity contribution in [2.75, 3.05) is 12.4 Å². The fourth-order valence-electron chi connectivity index (χ4n) is 1.92. The van der Waals surface area contributed by atoms with E-state index in [1.54, 1.807) is 42.5 Å². The number of nitro groups is 1. The molecule has 0 radical (unpaired) electrons. The van der Waals surface area contributed by atoms with Gasteiger partial charge in [0.25, 0.3) is 5.69 Å². The molecule has 0 saturated heterocycles. The summed E-state index contributed by atoms with van der Waals surface area (Å²) in [4.78, 5) is 22.4. The number of ether oxygens (including phenoxy) is 1. The lowest BCUT2D eigenvalue weighted by atomic mass is 10.1. The molecule has 0 aliphatic rings. The average molecular weight is 286 g/mol. The van der Waals surface area contributed by atoms with Crippen LogP contribution in [0.3, 0.4) is 0 Å². The van der Waals surface area contributed by atoms with Crippen molar-refractivity contribution in [2.45, 2.75) is 6.42 Å². The Kier molecular flexibility index (Phi) is 4.50. The maximum absolute atomic E-state index is 12.0. The molecular formula is C15H14N2O4. The highest BCUT2D eigenvalue weighted by molar-refractivity contribution is 5.93. The summed E-state index contributed by atoms with van der Waals surface area (Å²) in [5.41, 5.74) is 0.902. The summed E-state index contributed by atoms with van der Waals surface area (Å²) in [6, 6.07) is 13.1. The zero-order valence-corrected chi connectivity index (χ0v) is 11.4. The van der Waals surface area contributed by atoms with Gasteiger partial charge >= 0.3 is 0 Å². The molecule has 0 aromatic heterocycles. The molecule has 0 bridgehead atoms. The first kappa shape index (κ1) is 14.5. The minimum atomic E-state index is -0.492. The van der Waals surface area contributed by atoms with Crippen LogP contribution in [0.2, 0.25) is 0 Å². The van der Waals surface area contributed by atoms with Crippen LogP contribution < -0.4 is 10.1 Å². The normalized spacial score (nSPS) is 9.95. The fourth-order valence-corrected chi connectivity index (χ4v) is 1.92. The predicted molar refractivity (Wildman–Crippen MR) is 78.4 cm³/mol. The molecule has 2 rings (SSSR count). The van der Waals surface area contributed by atoms with Crippen molar-refractivity contribution < 1.29 is 14.5 Å². The molecule has 6 heteroatoms. The van der Waals surface area contributed by atoms with Gasteiger partial charge in [-0.2, -0.15) is 0 Å². The quantitative estimate of drug-likeness (QED) is 0.677. The number of rotatable bonds is 5. The smallest absolute Gasteiger partial charge is 0.273 e. The third-order valence-electron chi connectivity index (χ3n) is 2.89. The van der Waals surface area contributed by atoms with Gasteiger partial charge in [-0.3, -0.25) is 14.9 Å². The van der Waals surface area contributed by atoms with Gasteiger partial charge in [0.15, 0.2) is 0 Å². The van der Waals surface area contributed by atoms with E-state index < -0.39 is 4.92 Å². The largest absolute Gasteiger partial charge is 0.497 e. The van der Waals surface area contributed by atoms with Gasteiger partial charge in [0, 0.05) is 23.4 Å². The molecule has 0 fully saturated rings. The number of nitrogens with one attached hydrogen (secondary N) is 1. The maximum atomic E-state index is 12.0. The van der Waals surface area contributed by atoms with Crippen molar-refractivity contribution in [3.8, 4) is 5.75 Å². The van der Waals surface area contributed by atoms with Crippen LogP contribution in [-0.4, -0.2) is 17.9 Å². The number of carbonyl (C=O) groups excluding carboxylic acids is 1. The van der Waals surface area contributed by atoms with Crippen LogP contribution in [0, 0.1) is 10.1 Å². The highest BCUT2D eigenvalue weighted by atomic mass is 16.6. The number of hydrogen-bond donors (Lipinski definition) is 1. The Morgan fingerprint density at radius 3 is 2.71 bits per heavy atom. The molecule has 0 spiro atoms. The lowest BCUT2D eigenvalue weighted by Gasteiger charge is -2.07. The van der Waals surface area contributed by atoms with Gasteiger partial charge in [0.05, 0.1) is 18.5 Å². The highest BCUT2D eigenvalue weighted by Crippen LogP contribution is 2.20. The number of carbonyl (C=O) groups is 1. The van der Waals surface area contributed by atoms with E-state index in [-0.39, 0.29) is 18.0 Å². The summed E-state index contributed by atoms with van der Waals surface area (Å²) in [7, 11) is 1.54. The van der Waals surface area contributed by atoms with Gasteiger partial charge < -0.3 is 10.1 Å². The molecule has 0 atom stereocenters. The van der Waals surface area contributed by atoms with E-state index in [0.717, 1.165) is 0 Å². The number of benzene rings is 2. The standard InChI is InChI=1S/C15H14N2O4/c1-21-13-7-4-6-12(10-13)16-15(18)9-11-5-2-3-8-14(11)17(19)20/h2-8,10H,9H2,1H3,(H,16,18). The fraction of sp³-hybridized carbons (Fsp3) is 0.133. The molecule has 2 aromatic rings. The van der Waals surface area contributed by atoms with Crippen LogP contribution in [-0.2, 0) is 11.2 Å². The number of hydrogen-bond acceptors (Lipinski definition) is 4. The zero-order valence-electron chi connectivity index (χ0n) is 11.4. The van der Waals surface area contributed by atoms with Crippen LogP contribution in [0.15, 0.2) is 48.5 Å². The van der Waals surface area contributed by atoms with E-state index in [1.807, 2.05) is 0 Å². The van der Waals surface area contributed by atoms with Gasteiger partial charge in [0.2, 0.25) is 5.91 Å². The van der Waals surface area contributed by atoms with Crippen LogP contribution in [0.5, 0.6) is 5.75 Å². The van der Waals surface area contributed by atoms with Crippen molar-refractivity contribution in [1.29, 1.82) is 0 Å². The first-order valence-corrected chi connectivity index (χ1v) is 6.26. The summed E-state index contributed by atoms with van der Waals surface area (Å²) in [5, 5.41) is 13.6. The number of anilines is 1. The second-order valence-electron chi connectivity index (χ2n) is 4.34. The van der Waals surface area contributed by atoms with E-state index in [4.69, 9.17) is 4.74 Å². The lowest BCUT2D eigenvalue weighted by molar-refractivity contribution is -0.385. The van der Waals surface area contributed by atoms with Gasteiger partial charge in [-0.05, 0) is 12.1 Å². The SMILES string of the molecule is COc1cccc(NC(=O)Cc2ccccc2[N+](=O)[O-])c1. The van der Waals surface area contributed by atoms with Crippen molar-refractivity contribution in [3.63, 3.8) is 0 Å². The molecule has 0 saturated carbocycles. The van der Waals surface area contributed by atoms with E-state index in [2.05, 4.69) is 5.32 Å². The van der Waals surface area contributed by atoms with Gasteiger partial charge in [-0.1, -0.05) is 24.3 Å². The topological polar surface area (TPSA) is 81.5 Å². The Balaban J connectivity index is 2.10. The third-order valence-corrected chi connectivity index (χ3v) is 2.89. The number of para-hydroxylation sites is 1. The van der Waals surface area contributed by atoms with Gasteiger partial charge in [-0.15, -0.1) is 0 Å². The Bertz CT molecular complexity index is 670. The average Bonchev–Trinajstić information content (AvgIpc) is 2.47. The molecule has 21 heavy (non-hydrogen) atoms. The molecule has 0 aliphatic carbocycles. The molecule has 0 heterocycles. The summed E-state index contributed by atoms with van der Waals surface area (Å²) >= 11 is 0. The highest BCUT2D eigenvalue weighted by Gasteiger charge is 2.15. The molecule has 0 unspecified atom stereocenters. The van der Waals surface area contributed by atoms with E-state index in [1.165, 1.54) is 13.2 Å². The number of nitro benzene ring substituents is 1. The van der Waals surface area contributed by atoms with Crippen molar-refractivity contribution >= 4 is 17.3 Å². The van der Waals surface area contributed by atoms with Gasteiger partial charge in [-0.25, -0.2) is 0 Å². The summed E-state index contributed by atoms with van der Waals surface area (Å²) in [5.74, 6) is 0.302. The Morgan fingerprint density at radius 2 is 2.00 bits per heavy atom. The molecule has 108 valence electrons. The lowest BCUT2D eigenvalue weighted by Crippen LogP contribution is -2.15. The minimum absolute atomic E-state index is 0.0571. The molecule has 0 aliphatic heterocycles. The molecular weight excluding hydrogens is 272 g/mol. The van der Waals surface area contributed by atoms with Crippen molar-refractivity contribution in [3.05, 3.63) is 64.2 Å². The first-order chi connectivity index (χ1) is 10.1. The van der Waals surface area contributed by atoms with E-state index >= 15 is 0 Å². The summed E-state index contributed by atoms with van der Waals surface area (Å²) in [6.07, 6.45) is -0.0611. The number of nitrogens with zero attached hydrogens (tertiary/aromatic N) is 1.